The standard InChI is InChI=1S/C27H26F3NO5S2/c1-17-4-10-21(11-5-17)38(33,34)36-25(16-37-3)19-12-22-23(24(13-19)27(28,29)30)15-31(26(22)32)14-18-6-8-20(35-2)9-7-18/h4-13,25H,14-16H2,1-3H3. The Bertz CT molecular complexity index is 1420. The van der Waals surface area contributed by atoms with Crippen LogP contribution in [0.4, 0.5) is 13.2 Å². The van der Waals surface area contributed by atoms with Crippen molar-refractivity contribution in [3.63, 3.8) is 0 Å². The molecule has 0 fully saturated rings. The van der Waals surface area contributed by atoms with E-state index in [1.807, 2.05) is 0 Å². The zero-order chi connectivity index (χ0) is 27.7. The molecule has 0 aliphatic carbocycles. The zero-order valence-corrected chi connectivity index (χ0v) is 22.5. The average Bonchev–Trinajstić information content (AvgIpc) is 3.18. The quantitative estimate of drug-likeness (QED) is 0.297. The Balaban J connectivity index is 1.69. The van der Waals surface area contributed by atoms with E-state index in [-0.39, 0.29) is 40.4 Å². The van der Waals surface area contributed by atoms with Crippen LogP contribution in [0.25, 0.3) is 0 Å². The summed E-state index contributed by atoms with van der Waals surface area (Å²) in [7, 11) is -2.76. The topological polar surface area (TPSA) is 72.9 Å². The molecule has 1 atom stereocenters. The highest BCUT2D eigenvalue weighted by atomic mass is 32.2. The number of alkyl halides is 3. The van der Waals surface area contributed by atoms with Gasteiger partial charge < -0.3 is 9.64 Å². The summed E-state index contributed by atoms with van der Waals surface area (Å²) < 4.78 is 79.0. The Morgan fingerprint density at radius 1 is 1.05 bits per heavy atom. The third-order valence-electron chi connectivity index (χ3n) is 6.22. The van der Waals surface area contributed by atoms with Crippen LogP contribution in [0.15, 0.2) is 65.6 Å². The monoisotopic (exact) mass is 565 g/mol. The van der Waals surface area contributed by atoms with E-state index >= 15 is 0 Å². The summed E-state index contributed by atoms with van der Waals surface area (Å²) in [6.07, 6.45) is -4.30. The lowest BCUT2D eigenvalue weighted by molar-refractivity contribution is -0.138. The fourth-order valence-electron chi connectivity index (χ4n) is 4.25. The van der Waals surface area contributed by atoms with Crippen molar-refractivity contribution in [2.24, 2.45) is 0 Å². The van der Waals surface area contributed by atoms with E-state index < -0.39 is 33.9 Å². The number of hydrogen-bond acceptors (Lipinski definition) is 6. The molecule has 1 aliphatic rings. The van der Waals surface area contributed by atoms with Crippen LogP contribution in [-0.2, 0) is 33.6 Å². The first-order chi connectivity index (χ1) is 17.9. The molecule has 1 heterocycles. The van der Waals surface area contributed by atoms with Gasteiger partial charge in [-0.05, 0) is 66.3 Å². The van der Waals surface area contributed by atoms with E-state index in [2.05, 4.69) is 0 Å². The molecule has 0 aromatic heterocycles. The Kier molecular flexibility index (Phi) is 8.10. The molecule has 0 saturated carbocycles. The second kappa shape index (κ2) is 11.0. The van der Waals surface area contributed by atoms with Gasteiger partial charge in [-0.3, -0.25) is 8.98 Å². The van der Waals surface area contributed by atoms with Crippen molar-refractivity contribution in [3.8, 4) is 5.75 Å². The van der Waals surface area contributed by atoms with Gasteiger partial charge in [0, 0.05) is 24.4 Å². The van der Waals surface area contributed by atoms with Crippen LogP contribution >= 0.6 is 11.8 Å². The zero-order valence-electron chi connectivity index (χ0n) is 20.9. The lowest BCUT2D eigenvalue weighted by Crippen LogP contribution is -2.23. The van der Waals surface area contributed by atoms with Crippen LogP contribution in [-0.4, -0.2) is 38.3 Å². The van der Waals surface area contributed by atoms with E-state index in [9.17, 15) is 26.4 Å². The third-order valence-corrected chi connectivity index (χ3v) is 8.19. The van der Waals surface area contributed by atoms with E-state index in [0.717, 1.165) is 17.2 Å². The largest absolute Gasteiger partial charge is 0.497 e. The molecule has 38 heavy (non-hydrogen) atoms. The molecule has 3 aromatic rings. The van der Waals surface area contributed by atoms with Crippen molar-refractivity contribution in [2.45, 2.75) is 37.2 Å². The van der Waals surface area contributed by atoms with Gasteiger partial charge in [-0.15, -0.1) is 0 Å². The van der Waals surface area contributed by atoms with Crippen molar-refractivity contribution in [1.29, 1.82) is 0 Å². The second-order valence-corrected chi connectivity index (χ2v) is 11.4. The molecule has 1 amide bonds. The predicted octanol–water partition coefficient (Wildman–Crippen LogP) is 5.99. The number of methoxy groups -OCH3 is 1. The van der Waals surface area contributed by atoms with Crippen molar-refractivity contribution in [3.05, 3.63) is 94.0 Å². The maximum absolute atomic E-state index is 14.2. The number of carbonyl (C=O) groups is 1. The highest BCUT2D eigenvalue weighted by molar-refractivity contribution is 7.98. The Hall–Kier alpha value is -3.02. The van der Waals surface area contributed by atoms with E-state index in [1.165, 1.54) is 42.0 Å². The Morgan fingerprint density at radius 2 is 1.71 bits per heavy atom. The lowest BCUT2D eigenvalue weighted by atomic mass is 9.97. The molecule has 0 saturated heterocycles. The lowest BCUT2D eigenvalue weighted by Gasteiger charge is -2.20. The average molecular weight is 566 g/mol. The van der Waals surface area contributed by atoms with E-state index in [1.54, 1.807) is 49.6 Å². The van der Waals surface area contributed by atoms with Gasteiger partial charge in [-0.1, -0.05) is 29.8 Å². The number of thioether (sulfide) groups is 1. The molecule has 6 nitrogen and oxygen atoms in total. The fraction of sp³-hybridized carbons (Fsp3) is 0.296. The summed E-state index contributed by atoms with van der Waals surface area (Å²) in [5.41, 5.74) is 0.331. The van der Waals surface area contributed by atoms with Gasteiger partial charge in [0.1, 0.15) is 11.9 Å². The number of amides is 1. The smallest absolute Gasteiger partial charge is 0.416 e. The molecule has 0 radical (unpaired) electrons. The number of carbonyl (C=O) groups excluding carboxylic acids is 1. The summed E-state index contributed by atoms with van der Waals surface area (Å²) in [6, 6.07) is 15.1. The van der Waals surface area contributed by atoms with Crippen LogP contribution in [0, 0.1) is 6.92 Å². The molecule has 1 aliphatic heterocycles. The van der Waals surface area contributed by atoms with Gasteiger partial charge in [0.15, 0.2) is 0 Å². The van der Waals surface area contributed by atoms with Crippen molar-refractivity contribution in [2.75, 3.05) is 19.1 Å². The fourth-order valence-corrected chi connectivity index (χ4v) is 5.97. The van der Waals surface area contributed by atoms with Gasteiger partial charge in [0.2, 0.25) is 0 Å². The van der Waals surface area contributed by atoms with Crippen molar-refractivity contribution in [1.82, 2.24) is 4.90 Å². The van der Waals surface area contributed by atoms with Gasteiger partial charge in [0.25, 0.3) is 16.0 Å². The molecule has 3 aromatic carbocycles. The minimum absolute atomic E-state index is 0.0271. The van der Waals surface area contributed by atoms with E-state index in [4.69, 9.17) is 8.92 Å². The Morgan fingerprint density at radius 3 is 2.29 bits per heavy atom. The normalized spacial score (nSPS) is 14.5. The molecule has 202 valence electrons. The van der Waals surface area contributed by atoms with Gasteiger partial charge in [0.05, 0.1) is 17.6 Å². The van der Waals surface area contributed by atoms with Gasteiger partial charge >= 0.3 is 6.18 Å². The number of benzene rings is 3. The highest BCUT2D eigenvalue weighted by Gasteiger charge is 2.41. The van der Waals surface area contributed by atoms with Crippen LogP contribution in [0.2, 0.25) is 0 Å². The maximum atomic E-state index is 14.2. The number of hydrogen-bond donors (Lipinski definition) is 0. The predicted molar refractivity (Wildman–Crippen MR) is 139 cm³/mol. The third kappa shape index (κ3) is 6.00. The molecule has 0 bridgehead atoms. The molecule has 0 spiro atoms. The first-order valence-electron chi connectivity index (χ1n) is 11.6. The van der Waals surface area contributed by atoms with Crippen LogP contribution in [0.3, 0.4) is 0 Å². The number of nitrogens with zero attached hydrogens (tertiary/aromatic N) is 1. The first-order valence-corrected chi connectivity index (χ1v) is 14.4. The molecular formula is C27H26F3NO5S2. The van der Waals surface area contributed by atoms with E-state index in [0.29, 0.717) is 5.75 Å². The minimum Gasteiger partial charge on any atom is -0.497 e. The van der Waals surface area contributed by atoms with Crippen molar-refractivity contribution >= 4 is 27.8 Å². The summed E-state index contributed by atoms with van der Waals surface area (Å²) in [6.45, 7) is 1.69. The summed E-state index contributed by atoms with van der Waals surface area (Å²) in [4.78, 5) is 14.5. The maximum Gasteiger partial charge on any atom is 0.416 e. The highest BCUT2D eigenvalue weighted by Crippen LogP contribution is 2.41. The Labute approximate surface area is 223 Å². The minimum atomic E-state index is -4.75. The first kappa shape index (κ1) is 28.0. The second-order valence-electron chi connectivity index (χ2n) is 8.91. The number of halogens is 3. The van der Waals surface area contributed by atoms with Gasteiger partial charge in [-0.25, -0.2) is 0 Å². The molecule has 11 heteroatoms. The molecule has 0 N–H and O–H groups in total. The summed E-state index contributed by atoms with van der Waals surface area (Å²) in [5, 5.41) is 0. The number of fused-ring (bicyclic) bond motifs is 1. The molecule has 1 unspecified atom stereocenters. The van der Waals surface area contributed by atoms with Crippen LogP contribution in [0.5, 0.6) is 5.75 Å². The number of ether oxygens (including phenoxy) is 1. The molecule has 4 rings (SSSR count). The SMILES string of the molecule is COc1ccc(CN2Cc3c(cc(C(CSC)OS(=O)(=O)c4ccc(C)cc4)cc3C(F)(F)F)C2=O)cc1. The van der Waals surface area contributed by atoms with Crippen LogP contribution < -0.4 is 4.74 Å². The van der Waals surface area contributed by atoms with Gasteiger partial charge in [-0.2, -0.15) is 33.4 Å². The van der Waals surface area contributed by atoms with Crippen molar-refractivity contribution < 1.29 is 35.3 Å². The number of rotatable bonds is 9. The number of aryl methyl sites for hydroxylation is 1. The molecular weight excluding hydrogens is 539 g/mol. The van der Waals surface area contributed by atoms with Crippen LogP contribution in [0.1, 0.15) is 44.3 Å². The summed E-state index contributed by atoms with van der Waals surface area (Å²) in [5.74, 6) is 0.118. The summed E-state index contributed by atoms with van der Waals surface area (Å²) >= 11 is 1.22.